The normalized spacial score (nSPS) is 15.1. The van der Waals surface area contributed by atoms with Crippen LogP contribution in [0.3, 0.4) is 0 Å². The standard InChI is InChI=1S/C20H28N4O4/c1-14(2)21-19(27)20(28)24-11-9-23(10-12-24)17(25)13-15(3)22-18(26)16-7-5-4-6-8-16/h4-8,14-15H,9-13H2,1-3H3,(H,21,27)(H,22,26)/t15-/m1/s1. The summed E-state index contributed by atoms with van der Waals surface area (Å²) >= 11 is 0. The van der Waals surface area contributed by atoms with E-state index in [0.717, 1.165) is 0 Å². The zero-order chi connectivity index (χ0) is 20.7. The summed E-state index contributed by atoms with van der Waals surface area (Å²) < 4.78 is 0. The number of benzene rings is 1. The van der Waals surface area contributed by atoms with Crippen LogP contribution in [0.5, 0.6) is 0 Å². The molecule has 1 aromatic rings. The molecule has 1 aromatic carbocycles. The third kappa shape index (κ3) is 6.07. The lowest BCUT2D eigenvalue weighted by atomic mass is 10.1. The quantitative estimate of drug-likeness (QED) is 0.713. The summed E-state index contributed by atoms with van der Waals surface area (Å²) in [6.45, 7) is 6.76. The van der Waals surface area contributed by atoms with Crippen LogP contribution in [0.1, 0.15) is 37.6 Å². The molecular formula is C20H28N4O4. The van der Waals surface area contributed by atoms with Gasteiger partial charge < -0.3 is 20.4 Å². The Labute approximate surface area is 165 Å². The number of nitrogens with one attached hydrogen (secondary N) is 2. The first-order chi connectivity index (χ1) is 13.3. The maximum absolute atomic E-state index is 12.5. The molecule has 1 atom stereocenters. The summed E-state index contributed by atoms with van der Waals surface area (Å²) in [5.41, 5.74) is 0.550. The lowest BCUT2D eigenvalue weighted by Gasteiger charge is -2.35. The van der Waals surface area contributed by atoms with Gasteiger partial charge in [0, 0.05) is 50.2 Å². The summed E-state index contributed by atoms with van der Waals surface area (Å²) in [4.78, 5) is 51.7. The molecule has 0 spiro atoms. The van der Waals surface area contributed by atoms with Gasteiger partial charge >= 0.3 is 11.8 Å². The zero-order valence-electron chi connectivity index (χ0n) is 16.6. The van der Waals surface area contributed by atoms with E-state index in [1.54, 1.807) is 49.9 Å². The highest BCUT2D eigenvalue weighted by molar-refractivity contribution is 6.35. The van der Waals surface area contributed by atoms with Crippen molar-refractivity contribution in [3.05, 3.63) is 35.9 Å². The fourth-order valence-corrected chi connectivity index (χ4v) is 2.97. The Bertz CT molecular complexity index is 712. The van der Waals surface area contributed by atoms with E-state index in [9.17, 15) is 19.2 Å². The minimum absolute atomic E-state index is 0.0837. The number of amides is 4. The van der Waals surface area contributed by atoms with E-state index in [-0.39, 0.29) is 30.3 Å². The lowest BCUT2D eigenvalue weighted by molar-refractivity contribution is -0.148. The van der Waals surface area contributed by atoms with Crippen molar-refractivity contribution in [2.24, 2.45) is 0 Å². The summed E-state index contributed by atoms with van der Waals surface area (Å²) in [5, 5.41) is 5.40. The van der Waals surface area contributed by atoms with Crippen molar-refractivity contribution in [1.82, 2.24) is 20.4 Å². The molecule has 2 N–H and O–H groups in total. The maximum Gasteiger partial charge on any atom is 0.312 e. The molecule has 8 nitrogen and oxygen atoms in total. The number of nitrogens with zero attached hydrogens (tertiary/aromatic N) is 2. The lowest BCUT2D eigenvalue weighted by Crippen LogP contribution is -2.54. The molecule has 0 saturated carbocycles. The molecule has 0 unspecified atom stereocenters. The third-order valence-corrected chi connectivity index (χ3v) is 4.43. The molecule has 1 heterocycles. The molecule has 1 aliphatic rings. The fourth-order valence-electron chi connectivity index (χ4n) is 2.97. The number of carbonyl (C=O) groups is 4. The number of rotatable bonds is 5. The van der Waals surface area contributed by atoms with Crippen LogP contribution in [0, 0.1) is 0 Å². The second-order valence-corrected chi connectivity index (χ2v) is 7.25. The van der Waals surface area contributed by atoms with E-state index < -0.39 is 11.8 Å². The molecule has 8 heteroatoms. The Kier molecular flexibility index (Phi) is 7.54. The van der Waals surface area contributed by atoms with Crippen molar-refractivity contribution in [2.45, 2.75) is 39.3 Å². The van der Waals surface area contributed by atoms with Crippen molar-refractivity contribution >= 4 is 23.6 Å². The van der Waals surface area contributed by atoms with E-state index in [1.165, 1.54) is 4.90 Å². The average Bonchev–Trinajstić information content (AvgIpc) is 2.67. The Morgan fingerprint density at radius 1 is 0.893 bits per heavy atom. The van der Waals surface area contributed by atoms with Gasteiger partial charge in [-0.15, -0.1) is 0 Å². The predicted molar refractivity (Wildman–Crippen MR) is 104 cm³/mol. The first kappa shape index (κ1) is 21.4. The maximum atomic E-state index is 12.5. The van der Waals surface area contributed by atoms with Gasteiger partial charge in [-0.2, -0.15) is 0 Å². The zero-order valence-corrected chi connectivity index (χ0v) is 16.6. The molecule has 28 heavy (non-hydrogen) atoms. The number of carbonyl (C=O) groups excluding carboxylic acids is 4. The van der Waals surface area contributed by atoms with Crippen molar-refractivity contribution in [1.29, 1.82) is 0 Å². The molecule has 1 aliphatic heterocycles. The predicted octanol–water partition coefficient (Wildman–Crippen LogP) is 0.390. The van der Waals surface area contributed by atoms with E-state index in [0.29, 0.717) is 31.7 Å². The first-order valence-electron chi connectivity index (χ1n) is 9.51. The Hall–Kier alpha value is -2.90. The highest BCUT2D eigenvalue weighted by atomic mass is 16.2. The molecule has 0 aromatic heterocycles. The Balaban J connectivity index is 1.77. The number of hydrogen-bond donors (Lipinski definition) is 2. The summed E-state index contributed by atoms with van der Waals surface area (Å²) in [7, 11) is 0. The molecule has 1 saturated heterocycles. The molecule has 2 rings (SSSR count). The van der Waals surface area contributed by atoms with Crippen LogP contribution in [0.25, 0.3) is 0 Å². The van der Waals surface area contributed by atoms with Crippen LogP contribution >= 0.6 is 0 Å². The Morgan fingerprint density at radius 3 is 2.04 bits per heavy atom. The summed E-state index contributed by atoms with van der Waals surface area (Å²) in [5.74, 6) is -1.48. The molecule has 0 bridgehead atoms. The molecule has 0 radical (unpaired) electrons. The van der Waals surface area contributed by atoms with Gasteiger partial charge in [0.2, 0.25) is 5.91 Å². The first-order valence-corrected chi connectivity index (χ1v) is 9.51. The second-order valence-electron chi connectivity index (χ2n) is 7.25. The molecule has 152 valence electrons. The number of hydrogen-bond acceptors (Lipinski definition) is 4. The van der Waals surface area contributed by atoms with Crippen LogP contribution in [0.2, 0.25) is 0 Å². The molecule has 0 aliphatic carbocycles. The van der Waals surface area contributed by atoms with Gasteiger partial charge in [0.15, 0.2) is 0 Å². The van der Waals surface area contributed by atoms with Gasteiger partial charge in [-0.1, -0.05) is 18.2 Å². The molecule has 4 amide bonds. The van der Waals surface area contributed by atoms with Gasteiger partial charge in [-0.3, -0.25) is 19.2 Å². The van der Waals surface area contributed by atoms with Crippen molar-refractivity contribution < 1.29 is 19.2 Å². The van der Waals surface area contributed by atoms with Gasteiger partial charge in [-0.25, -0.2) is 0 Å². The minimum atomic E-state index is -0.618. The smallest absolute Gasteiger partial charge is 0.312 e. The van der Waals surface area contributed by atoms with Gasteiger partial charge in [0.1, 0.15) is 0 Å². The van der Waals surface area contributed by atoms with Crippen LogP contribution in [0.4, 0.5) is 0 Å². The van der Waals surface area contributed by atoms with Crippen LogP contribution in [-0.4, -0.2) is 71.7 Å². The highest BCUT2D eigenvalue weighted by Crippen LogP contribution is 2.07. The van der Waals surface area contributed by atoms with E-state index >= 15 is 0 Å². The molecule has 1 fully saturated rings. The topological polar surface area (TPSA) is 98.8 Å². The Morgan fingerprint density at radius 2 is 1.46 bits per heavy atom. The van der Waals surface area contributed by atoms with Gasteiger partial charge in [0.05, 0.1) is 0 Å². The van der Waals surface area contributed by atoms with Crippen molar-refractivity contribution in [3.63, 3.8) is 0 Å². The SMILES string of the molecule is CC(C)NC(=O)C(=O)N1CCN(C(=O)C[C@@H](C)NC(=O)c2ccccc2)CC1. The van der Waals surface area contributed by atoms with E-state index in [4.69, 9.17) is 0 Å². The van der Waals surface area contributed by atoms with E-state index in [2.05, 4.69) is 10.6 Å². The van der Waals surface area contributed by atoms with Gasteiger partial charge in [-0.05, 0) is 32.9 Å². The molecular weight excluding hydrogens is 360 g/mol. The van der Waals surface area contributed by atoms with E-state index in [1.807, 2.05) is 6.07 Å². The largest absolute Gasteiger partial charge is 0.349 e. The van der Waals surface area contributed by atoms with Crippen LogP contribution < -0.4 is 10.6 Å². The number of piperazine rings is 1. The van der Waals surface area contributed by atoms with Crippen molar-refractivity contribution in [3.8, 4) is 0 Å². The minimum Gasteiger partial charge on any atom is -0.349 e. The van der Waals surface area contributed by atoms with Crippen molar-refractivity contribution in [2.75, 3.05) is 26.2 Å². The highest BCUT2D eigenvalue weighted by Gasteiger charge is 2.28. The second kappa shape index (κ2) is 9.87. The van der Waals surface area contributed by atoms with Gasteiger partial charge in [0.25, 0.3) is 5.91 Å². The van der Waals surface area contributed by atoms with Crippen LogP contribution in [0.15, 0.2) is 30.3 Å². The fraction of sp³-hybridized carbons (Fsp3) is 0.500. The third-order valence-electron chi connectivity index (χ3n) is 4.43. The monoisotopic (exact) mass is 388 g/mol. The summed E-state index contributed by atoms with van der Waals surface area (Å²) in [6.07, 6.45) is 0.181. The average molecular weight is 388 g/mol. The summed E-state index contributed by atoms with van der Waals surface area (Å²) in [6, 6.07) is 8.43. The van der Waals surface area contributed by atoms with Crippen LogP contribution in [-0.2, 0) is 14.4 Å².